The highest BCUT2D eigenvalue weighted by atomic mass is 16.2. The number of carbonyl (C=O) groups is 1. The van der Waals surface area contributed by atoms with Gasteiger partial charge in [0.25, 0.3) is 0 Å². The molecule has 0 unspecified atom stereocenters. The molecule has 0 bridgehead atoms. The predicted octanol–water partition coefficient (Wildman–Crippen LogP) is 3.10. The summed E-state index contributed by atoms with van der Waals surface area (Å²) in [7, 11) is 0. The zero-order chi connectivity index (χ0) is 12.1. The molecule has 0 spiro atoms. The zero-order valence-corrected chi connectivity index (χ0v) is 10.5. The Morgan fingerprint density at radius 3 is 2.76 bits per heavy atom. The molecule has 92 valence electrons. The highest BCUT2D eigenvalue weighted by molar-refractivity contribution is 5.82. The van der Waals surface area contributed by atoms with Crippen LogP contribution in [0, 0.1) is 5.92 Å². The molecule has 1 aliphatic carbocycles. The summed E-state index contributed by atoms with van der Waals surface area (Å²) in [4.78, 5) is 11.8. The van der Waals surface area contributed by atoms with E-state index < -0.39 is 0 Å². The number of hydrogen-bond acceptors (Lipinski definition) is 1. The van der Waals surface area contributed by atoms with Crippen molar-refractivity contribution < 1.29 is 4.79 Å². The SMILES string of the molecule is CCCCCNC(=O)[C@@H]1C[C@H]1c1ccccc1. The van der Waals surface area contributed by atoms with Gasteiger partial charge in [-0.25, -0.2) is 0 Å². The molecule has 1 aliphatic rings. The first-order valence-corrected chi connectivity index (χ1v) is 6.65. The minimum absolute atomic E-state index is 0.221. The van der Waals surface area contributed by atoms with E-state index in [0.29, 0.717) is 5.92 Å². The second-order valence-corrected chi connectivity index (χ2v) is 4.86. The number of unbranched alkanes of at least 4 members (excludes halogenated alkanes) is 2. The number of nitrogens with one attached hydrogen (secondary N) is 1. The van der Waals surface area contributed by atoms with Crippen LogP contribution < -0.4 is 5.32 Å². The standard InChI is InChI=1S/C15H21NO/c1-2-3-7-10-16-15(17)14-11-13(14)12-8-5-4-6-9-12/h4-6,8-9,13-14H,2-3,7,10-11H2,1H3,(H,16,17)/t13-,14+/m0/s1. The second-order valence-electron chi connectivity index (χ2n) is 4.86. The van der Waals surface area contributed by atoms with E-state index in [1.807, 2.05) is 18.2 Å². The van der Waals surface area contributed by atoms with Crippen LogP contribution in [0.2, 0.25) is 0 Å². The largest absolute Gasteiger partial charge is 0.356 e. The predicted molar refractivity (Wildman–Crippen MR) is 69.8 cm³/mol. The maximum Gasteiger partial charge on any atom is 0.223 e. The molecule has 1 aromatic carbocycles. The van der Waals surface area contributed by atoms with Gasteiger partial charge in [-0.1, -0.05) is 50.1 Å². The molecule has 1 fully saturated rings. The van der Waals surface area contributed by atoms with Gasteiger partial charge >= 0.3 is 0 Å². The fourth-order valence-electron chi connectivity index (χ4n) is 2.27. The third-order valence-electron chi connectivity index (χ3n) is 3.43. The van der Waals surface area contributed by atoms with Crippen molar-refractivity contribution in [3.63, 3.8) is 0 Å². The molecule has 0 heterocycles. The first-order chi connectivity index (χ1) is 8.33. The van der Waals surface area contributed by atoms with E-state index in [0.717, 1.165) is 19.4 Å². The monoisotopic (exact) mass is 231 g/mol. The normalized spacial score (nSPS) is 22.2. The lowest BCUT2D eigenvalue weighted by molar-refractivity contribution is -0.122. The molecule has 1 amide bonds. The lowest BCUT2D eigenvalue weighted by Crippen LogP contribution is -2.26. The molecule has 0 radical (unpaired) electrons. The topological polar surface area (TPSA) is 29.1 Å². The molecule has 0 aromatic heterocycles. The number of amides is 1. The van der Waals surface area contributed by atoms with Gasteiger partial charge in [-0.05, 0) is 24.3 Å². The summed E-state index contributed by atoms with van der Waals surface area (Å²) in [5.74, 6) is 0.927. The Hall–Kier alpha value is -1.31. The van der Waals surface area contributed by atoms with Crippen LogP contribution in [0.15, 0.2) is 30.3 Å². The Kier molecular flexibility index (Phi) is 4.18. The number of benzene rings is 1. The molecule has 1 N–H and O–H groups in total. The van der Waals surface area contributed by atoms with Crippen LogP contribution in [0.5, 0.6) is 0 Å². The van der Waals surface area contributed by atoms with E-state index in [1.54, 1.807) is 0 Å². The third kappa shape index (κ3) is 3.32. The molecule has 1 aromatic rings. The molecular formula is C15H21NO. The first-order valence-electron chi connectivity index (χ1n) is 6.65. The zero-order valence-electron chi connectivity index (χ0n) is 10.5. The summed E-state index contributed by atoms with van der Waals surface area (Å²) in [6.07, 6.45) is 4.52. The van der Waals surface area contributed by atoms with Crippen LogP contribution in [-0.2, 0) is 4.79 Å². The summed E-state index contributed by atoms with van der Waals surface area (Å²) in [6, 6.07) is 10.4. The van der Waals surface area contributed by atoms with Gasteiger partial charge in [0.05, 0.1) is 0 Å². The van der Waals surface area contributed by atoms with Crippen LogP contribution in [0.3, 0.4) is 0 Å². The Morgan fingerprint density at radius 2 is 2.06 bits per heavy atom. The minimum atomic E-state index is 0.221. The van der Waals surface area contributed by atoms with Crippen LogP contribution in [0.1, 0.15) is 44.1 Å². The lowest BCUT2D eigenvalue weighted by atomic mass is 10.1. The summed E-state index contributed by atoms with van der Waals surface area (Å²) < 4.78 is 0. The molecular weight excluding hydrogens is 210 g/mol. The van der Waals surface area contributed by atoms with E-state index in [9.17, 15) is 4.79 Å². The van der Waals surface area contributed by atoms with Crippen molar-refractivity contribution in [3.05, 3.63) is 35.9 Å². The maximum atomic E-state index is 11.8. The van der Waals surface area contributed by atoms with E-state index in [1.165, 1.54) is 18.4 Å². The van der Waals surface area contributed by atoms with Gasteiger partial charge in [0.1, 0.15) is 0 Å². The summed E-state index contributed by atoms with van der Waals surface area (Å²) in [5.41, 5.74) is 1.31. The molecule has 2 heteroatoms. The highest BCUT2D eigenvalue weighted by Crippen LogP contribution is 2.47. The number of rotatable bonds is 6. The Bertz CT molecular complexity index is 360. The number of hydrogen-bond donors (Lipinski definition) is 1. The minimum Gasteiger partial charge on any atom is -0.356 e. The van der Waals surface area contributed by atoms with Gasteiger partial charge in [0, 0.05) is 12.5 Å². The van der Waals surface area contributed by atoms with Crippen LogP contribution in [0.25, 0.3) is 0 Å². The quantitative estimate of drug-likeness (QED) is 0.749. The van der Waals surface area contributed by atoms with Crippen LogP contribution >= 0.6 is 0 Å². The van der Waals surface area contributed by atoms with E-state index in [2.05, 4.69) is 24.4 Å². The lowest BCUT2D eigenvalue weighted by Gasteiger charge is -2.04. The van der Waals surface area contributed by atoms with E-state index >= 15 is 0 Å². The highest BCUT2D eigenvalue weighted by Gasteiger charge is 2.43. The van der Waals surface area contributed by atoms with Gasteiger partial charge in [-0.3, -0.25) is 4.79 Å². The van der Waals surface area contributed by atoms with Crippen molar-refractivity contribution in [2.75, 3.05) is 6.54 Å². The second kappa shape index (κ2) is 5.85. The Morgan fingerprint density at radius 1 is 1.29 bits per heavy atom. The Balaban J connectivity index is 1.73. The fraction of sp³-hybridized carbons (Fsp3) is 0.533. The van der Waals surface area contributed by atoms with Gasteiger partial charge in [0.2, 0.25) is 5.91 Å². The van der Waals surface area contributed by atoms with Gasteiger partial charge in [0.15, 0.2) is 0 Å². The average Bonchev–Trinajstić information content (AvgIpc) is 3.16. The van der Waals surface area contributed by atoms with Crippen LogP contribution in [-0.4, -0.2) is 12.5 Å². The van der Waals surface area contributed by atoms with Crippen molar-refractivity contribution in [2.45, 2.75) is 38.5 Å². The van der Waals surface area contributed by atoms with Crippen molar-refractivity contribution in [1.29, 1.82) is 0 Å². The number of carbonyl (C=O) groups excluding carboxylic acids is 1. The van der Waals surface area contributed by atoms with Crippen molar-refractivity contribution in [2.24, 2.45) is 5.92 Å². The average molecular weight is 231 g/mol. The van der Waals surface area contributed by atoms with Crippen molar-refractivity contribution in [3.8, 4) is 0 Å². The first kappa shape index (κ1) is 12.2. The molecule has 17 heavy (non-hydrogen) atoms. The van der Waals surface area contributed by atoms with E-state index in [4.69, 9.17) is 0 Å². The molecule has 2 atom stereocenters. The molecule has 2 rings (SSSR count). The van der Waals surface area contributed by atoms with Gasteiger partial charge in [-0.2, -0.15) is 0 Å². The summed E-state index contributed by atoms with van der Waals surface area (Å²) in [5, 5.41) is 3.04. The van der Waals surface area contributed by atoms with Gasteiger partial charge in [-0.15, -0.1) is 0 Å². The Labute approximate surface area is 103 Å². The molecule has 0 aliphatic heterocycles. The summed E-state index contributed by atoms with van der Waals surface area (Å²) >= 11 is 0. The van der Waals surface area contributed by atoms with Crippen molar-refractivity contribution >= 4 is 5.91 Å². The van der Waals surface area contributed by atoms with Crippen LogP contribution in [0.4, 0.5) is 0 Å². The maximum absolute atomic E-state index is 11.8. The van der Waals surface area contributed by atoms with Crippen molar-refractivity contribution in [1.82, 2.24) is 5.32 Å². The molecule has 1 saturated carbocycles. The smallest absolute Gasteiger partial charge is 0.223 e. The third-order valence-corrected chi connectivity index (χ3v) is 3.43. The molecule has 2 nitrogen and oxygen atoms in total. The van der Waals surface area contributed by atoms with E-state index in [-0.39, 0.29) is 11.8 Å². The fourth-order valence-corrected chi connectivity index (χ4v) is 2.27. The van der Waals surface area contributed by atoms with Gasteiger partial charge < -0.3 is 5.32 Å². The molecule has 0 saturated heterocycles. The summed E-state index contributed by atoms with van der Waals surface area (Å²) in [6.45, 7) is 3.01.